The maximum atomic E-state index is 12.0. The first-order valence-corrected chi connectivity index (χ1v) is 5.78. The van der Waals surface area contributed by atoms with Crippen LogP contribution in [0.1, 0.15) is 47.1 Å². The standard InChI is InChI=1S/C14H23NO/c1-13(2,3)11-7-9-12(10-8-11)15(16)14(4,5)6/h7-10,15H,1-6H3. The first kappa shape index (κ1) is 13.2. The minimum atomic E-state index is -0.302. The number of nitrogens with one attached hydrogen (secondary N) is 1. The lowest BCUT2D eigenvalue weighted by Gasteiger charge is -2.35. The fraction of sp³-hybridized carbons (Fsp3) is 0.571. The Labute approximate surface area is 98.9 Å². The zero-order chi connectivity index (χ0) is 12.6. The maximum Gasteiger partial charge on any atom is 0.131 e. The Balaban J connectivity index is 2.96. The van der Waals surface area contributed by atoms with E-state index in [1.807, 2.05) is 32.9 Å². The van der Waals surface area contributed by atoms with Crippen LogP contribution in [0.15, 0.2) is 24.3 Å². The Morgan fingerprint density at radius 3 is 1.62 bits per heavy atom. The number of quaternary nitrogens is 1. The molecule has 1 unspecified atom stereocenters. The lowest BCUT2D eigenvalue weighted by atomic mass is 9.87. The fourth-order valence-corrected chi connectivity index (χ4v) is 1.55. The Bertz CT molecular complexity index is 340. The molecule has 0 saturated heterocycles. The molecule has 0 aliphatic carbocycles. The molecule has 1 N–H and O–H groups in total. The van der Waals surface area contributed by atoms with Crippen LogP contribution in [0.25, 0.3) is 0 Å². The molecule has 0 saturated carbocycles. The molecule has 1 atom stereocenters. The predicted molar refractivity (Wildman–Crippen MR) is 68.9 cm³/mol. The van der Waals surface area contributed by atoms with E-state index in [0.29, 0.717) is 0 Å². The second-order valence-electron chi connectivity index (χ2n) is 6.41. The van der Waals surface area contributed by atoms with Crippen molar-refractivity contribution < 1.29 is 5.06 Å². The van der Waals surface area contributed by atoms with Gasteiger partial charge in [0.2, 0.25) is 0 Å². The van der Waals surface area contributed by atoms with E-state index in [4.69, 9.17) is 0 Å². The van der Waals surface area contributed by atoms with Crippen LogP contribution in [-0.4, -0.2) is 5.54 Å². The van der Waals surface area contributed by atoms with Crippen LogP contribution in [-0.2, 0) is 5.41 Å². The van der Waals surface area contributed by atoms with Gasteiger partial charge in [0, 0.05) is 0 Å². The van der Waals surface area contributed by atoms with E-state index < -0.39 is 0 Å². The smallest absolute Gasteiger partial charge is 0.131 e. The van der Waals surface area contributed by atoms with Gasteiger partial charge in [-0.05, 0) is 43.9 Å². The number of hydrogen-bond acceptors (Lipinski definition) is 1. The highest BCUT2D eigenvalue weighted by molar-refractivity contribution is 5.35. The molecule has 1 aromatic carbocycles. The van der Waals surface area contributed by atoms with Crippen LogP contribution in [0.2, 0.25) is 0 Å². The van der Waals surface area contributed by atoms with Crippen molar-refractivity contribution in [2.75, 3.05) is 0 Å². The molecule has 0 amide bonds. The third-order valence-corrected chi connectivity index (χ3v) is 2.69. The minimum Gasteiger partial charge on any atom is -0.628 e. The van der Waals surface area contributed by atoms with Crippen molar-refractivity contribution in [2.24, 2.45) is 0 Å². The molecule has 0 radical (unpaired) electrons. The van der Waals surface area contributed by atoms with Crippen LogP contribution in [0.5, 0.6) is 0 Å². The Morgan fingerprint density at radius 1 is 0.875 bits per heavy atom. The quantitative estimate of drug-likeness (QED) is 0.725. The number of benzene rings is 1. The molecule has 0 aliphatic rings. The Kier molecular flexibility index (Phi) is 3.46. The van der Waals surface area contributed by atoms with Crippen molar-refractivity contribution in [3.05, 3.63) is 35.0 Å². The van der Waals surface area contributed by atoms with Gasteiger partial charge in [-0.3, -0.25) is 0 Å². The summed E-state index contributed by atoms with van der Waals surface area (Å²) in [5, 5.41) is 12.2. The third kappa shape index (κ3) is 3.06. The highest BCUT2D eigenvalue weighted by Gasteiger charge is 2.21. The molecule has 2 nitrogen and oxygen atoms in total. The molecular weight excluding hydrogens is 198 g/mol. The van der Waals surface area contributed by atoms with Crippen LogP contribution in [0.3, 0.4) is 0 Å². The van der Waals surface area contributed by atoms with Gasteiger partial charge in [0.05, 0.1) is 5.54 Å². The Morgan fingerprint density at radius 2 is 1.31 bits per heavy atom. The van der Waals surface area contributed by atoms with Crippen molar-refractivity contribution in [3.63, 3.8) is 0 Å². The topological polar surface area (TPSA) is 27.5 Å². The molecule has 0 aromatic heterocycles. The maximum absolute atomic E-state index is 12.0. The summed E-state index contributed by atoms with van der Waals surface area (Å²) in [5.74, 6) is 0. The van der Waals surface area contributed by atoms with Gasteiger partial charge in [0.25, 0.3) is 0 Å². The normalized spacial score (nSPS) is 14.9. The van der Waals surface area contributed by atoms with Crippen LogP contribution in [0.4, 0.5) is 5.69 Å². The van der Waals surface area contributed by atoms with E-state index >= 15 is 0 Å². The van der Waals surface area contributed by atoms with Gasteiger partial charge in [-0.25, -0.2) is 0 Å². The summed E-state index contributed by atoms with van der Waals surface area (Å²) in [6.45, 7) is 12.4. The summed E-state index contributed by atoms with van der Waals surface area (Å²) in [5.41, 5.74) is 1.91. The summed E-state index contributed by atoms with van der Waals surface area (Å²) in [6.07, 6.45) is 0. The fourth-order valence-electron chi connectivity index (χ4n) is 1.55. The van der Waals surface area contributed by atoms with E-state index in [1.165, 1.54) is 5.56 Å². The molecule has 1 aromatic rings. The van der Waals surface area contributed by atoms with Crippen molar-refractivity contribution in [3.8, 4) is 0 Å². The summed E-state index contributed by atoms with van der Waals surface area (Å²) in [4.78, 5) is 0. The third-order valence-electron chi connectivity index (χ3n) is 2.69. The van der Waals surface area contributed by atoms with Gasteiger partial charge in [-0.2, -0.15) is 0 Å². The highest BCUT2D eigenvalue weighted by Crippen LogP contribution is 2.22. The molecule has 0 bridgehead atoms. The zero-order valence-corrected chi connectivity index (χ0v) is 11.2. The Hall–Kier alpha value is -0.860. The van der Waals surface area contributed by atoms with E-state index in [1.54, 1.807) is 0 Å². The molecule has 1 rings (SSSR count). The SMILES string of the molecule is CC(C)(C)c1ccc([NH+]([O-])C(C)(C)C)cc1. The van der Waals surface area contributed by atoms with E-state index in [9.17, 15) is 5.21 Å². The van der Waals surface area contributed by atoms with Crippen LogP contribution >= 0.6 is 0 Å². The van der Waals surface area contributed by atoms with Crippen LogP contribution in [0, 0.1) is 5.21 Å². The monoisotopic (exact) mass is 221 g/mol. The van der Waals surface area contributed by atoms with Crippen molar-refractivity contribution in [1.29, 1.82) is 0 Å². The van der Waals surface area contributed by atoms with E-state index in [2.05, 4.69) is 32.9 Å². The second kappa shape index (κ2) is 4.19. The number of hydroxylamine groups is 1. The van der Waals surface area contributed by atoms with E-state index in [-0.39, 0.29) is 16.0 Å². The lowest BCUT2D eigenvalue weighted by Crippen LogP contribution is -3.10. The van der Waals surface area contributed by atoms with Crippen molar-refractivity contribution >= 4 is 5.69 Å². The van der Waals surface area contributed by atoms with Gasteiger partial charge in [-0.1, -0.05) is 32.9 Å². The van der Waals surface area contributed by atoms with Crippen LogP contribution < -0.4 is 5.06 Å². The second-order valence-corrected chi connectivity index (χ2v) is 6.41. The van der Waals surface area contributed by atoms with Crippen molar-refractivity contribution in [1.82, 2.24) is 0 Å². The van der Waals surface area contributed by atoms with Gasteiger partial charge >= 0.3 is 0 Å². The molecule has 2 heteroatoms. The molecule has 0 heterocycles. The van der Waals surface area contributed by atoms with Gasteiger partial charge in [0.1, 0.15) is 5.69 Å². The summed E-state index contributed by atoms with van der Waals surface area (Å²) in [7, 11) is 0. The largest absolute Gasteiger partial charge is 0.628 e. The number of hydrogen-bond donors (Lipinski definition) is 1. The lowest BCUT2D eigenvalue weighted by molar-refractivity contribution is -0.832. The molecule has 0 aliphatic heterocycles. The first-order chi connectivity index (χ1) is 7.12. The van der Waals surface area contributed by atoms with Crippen molar-refractivity contribution in [2.45, 2.75) is 52.5 Å². The summed E-state index contributed by atoms with van der Waals surface area (Å²) in [6, 6.07) is 7.99. The van der Waals surface area contributed by atoms with Gasteiger partial charge in [0.15, 0.2) is 0 Å². The predicted octanol–water partition coefficient (Wildman–Crippen LogP) is 2.80. The molecule has 0 spiro atoms. The molecule has 0 fully saturated rings. The molecule has 90 valence electrons. The average molecular weight is 221 g/mol. The molecular formula is C14H23NO. The van der Waals surface area contributed by atoms with E-state index in [0.717, 1.165) is 5.69 Å². The summed E-state index contributed by atoms with van der Waals surface area (Å²) >= 11 is 0. The van der Waals surface area contributed by atoms with Gasteiger partial charge < -0.3 is 10.3 Å². The molecule has 16 heavy (non-hydrogen) atoms. The average Bonchev–Trinajstić information content (AvgIpc) is 2.14. The van der Waals surface area contributed by atoms with Gasteiger partial charge in [-0.15, -0.1) is 0 Å². The zero-order valence-electron chi connectivity index (χ0n) is 11.2. The number of rotatable bonds is 1. The summed E-state index contributed by atoms with van der Waals surface area (Å²) < 4.78 is 0. The highest BCUT2D eigenvalue weighted by atomic mass is 16.5. The first-order valence-electron chi connectivity index (χ1n) is 5.78. The minimum absolute atomic E-state index is 0.142.